The second-order valence-electron chi connectivity index (χ2n) is 6.04. The number of imide groups is 1. The molecule has 26 heavy (non-hydrogen) atoms. The maximum absolute atomic E-state index is 12.8. The van der Waals surface area contributed by atoms with Crippen molar-refractivity contribution in [2.24, 2.45) is 0 Å². The lowest BCUT2D eigenvalue weighted by molar-refractivity contribution is -0.136. The van der Waals surface area contributed by atoms with Gasteiger partial charge in [0.15, 0.2) is 0 Å². The van der Waals surface area contributed by atoms with Crippen LogP contribution in [0.3, 0.4) is 0 Å². The van der Waals surface area contributed by atoms with Crippen LogP contribution in [0.4, 0.5) is 4.79 Å². The van der Waals surface area contributed by atoms with Gasteiger partial charge in [-0.3, -0.25) is 19.3 Å². The summed E-state index contributed by atoms with van der Waals surface area (Å²) in [7, 11) is 0. The molecule has 2 aliphatic heterocycles. The predicted octanol–water partition coefficient (Wildman–Crippen LogP) is 4.21. The van der Waals surface area contributed by atoms with E-state index in [-0.39, 0.29) is 29.6 Å². The summed E-state index contributed by atoms with van der Waals surface area (Å²) in [6.07, 6.45) is 3.57. The number of nitrogens with zero attached hydrogens (tertiary/aromatic N) is 2. The van der Waals surface area contributed by atoms with Crippen molar-refractivity contribution < 1.29 is 14.4 Å². The van der Waals surface area contributed by atoms with Crippen LogP contribution < -0.4 is 0 Å². The molecule has 2 fully saturated rings. The molecule has 2 aliphatic rings. The smallest absolute Gasteiger partial charge is 0.294 e. The molecule has 2 saturated heterocycles. The van der Waals surface area contributed by atoms with Crippen LogP contribution in [-0.2, 0) is 9.59 Å². The quantitative estimate of drug-likeness (QED) is 0.717. The zero-order valence-electron chi connectivity index (χ0n) is 13.8. The molecular formula is C18H16N2O3S3. The lowest BCUT2D eigenvalue weighted by Gasteiger charge is -2.25. The second-order valence-corrected chi connectivity index (χ2v) is 9.00. The highest BCUT2D eigenvalue weighted by Gasteiger charge is 2.39. The molecule has 4 rings (SSSR count). The Labute approximate surface area is 163 Å². The monoisotopic (exact) mass is 404 g/mol. The normalized spacial score (nSPS) is 22.0. The third-order valence-corrected chi connectivity index (χ3v) is 7.13. The van der Waals surface area contributed by atoms with E-state index >= 15 is 0 Å². The van der Waals surface area contributed by atoms with Crippen molar-refractivity contribution >= 4 is 57.6 Å². The number of hydrogen-bond acceptors (Lipinski definition) is 6. The standard InChI is InChI=1S/C18H16N2O3S3/c21-16(19-7-1-5-13(19)14-6-3-9-25-14)11-20-17(22)15(26-18(20)23)10-12-4-2-8-24-12/h2-4,6,8-10,13H,1,5,7,11H2/b15-10-. The Balaban J connectivity index is 1.47. The molecule has 1 unspecified atom stereocenters. The van der Waals surface area contributed by atoms with Crippen LogP contribution in [0.15, 0.2) is 39.9 Å². The Morgan fingerprint density at radius 2 is 2.00 bits per heavy atom. The topological polar surface area (TPSA) is 57.7 Å². The van der Waals surface area contributed by atoms with Crippen LogP contribution in [0.1, 0.15) is 28.6 Å². The van der Waals surface area contributed by atoms with E-state index in [1.54, 1.807) is 22.3 Å². The number of rotatable bonds is 4. The van der Waals surface area contributed by atoms with Crippen LogP contribution >= 0.6 is 34.4 Å². The van der Waals surface area contributed by atoms with Crippen LogP contribution in [-0.4, -0.2) is 39.9 Å². The van der Waals surface area contributed by atoms with Crippen molar-refractivity contribution in [3.05, 3.63) is 49.7 Å². The average Bonchev–Trinajstić information content (AvgIpc) is 3.40. The lowest BCUT2D eigenvalue weighted by atomic mass is 10.2. The number of thiophene rings is 2. The minimum Gasteiger partial charge on any atom is -0.333 e. The summed E-state index contributed by atoms with van der Waals surface area (Å²) in [5.74, 6) is -0.547. The van der Waals surface area contributed by atoms with Crippen molar-refractivity contribution in [3.63, 3.8) is 0 Å². The zero-order valence-corrected chi connectivity index (χ0v) is 16.2. The number of carbonyl (C=O) groups is 3. The summed E-state index contributed by atoms with van der Waals surface area (Å²) in [6, 6.07) is 7.85. The molecule has 8 heteroatoms. The molecule has 0 aliphatic carbocycles. The second kappa shape index (κ2) is 7.38. The third-order valence-electron chi connectivity index (χ3n) is 4.43. The largest absolute Gasteiger partial charge is 0.333 e. The molecule has 0 aromatic carbocycles. The molecule has 0 radical (unpaired) electrons. The van der Waals surface area contributed by atoms with Gasteiger partial charge in [-0.1, -0.05) is 12.1 Å². The maximum Gasteiger partial charge on any atom is 0.294 e. The Bertz CT molecular complexity index is 858. The highest BCUT2D eigenvalue weighted by Crippen LogP contribution is 2.36. The molecule has 2 aromatic heterocycles. The summed E-state index contributed by atoms with van der Waals surface area (Å²) >= 11 is 4.04. The number of amides is 3. The first kappa shape index (κ1) is 17.5. The molecule has 3 amide bonds. The summed E-state index contributed by atoms with van der Waals surface area (Å²) in [6.45, 7) is 0.483. The molecule has 4 heterocycles. The SMILES string of the molecule is O=C1S/C(=C\c2cccs2)C(=O)N1CC(=O)N1CCCC1c1cccs1. The zero-order chi connectivity index (χ0) is 18.1. The Morgan fingerprint density at radius 3 is 2.73 bits per heavy atom. The minimum atomic E-state index is -0.381. The predicted molar refractivity (Wildman–Crippen MR) is 105 cm³/mol. The lowest BCUT2D eigenvalue weighted by Crippen LogP contribution is -2.41. The number of thioether (sulfide) groups is 1. The molecule has 0 saturated carbocycles. The number of hydrogen-bond donors (Lipinski definition) is 0. The highest BCUT2D eigenvalue weighted by molar-refractivity contribution is 8.18. The molecule has 0 N–H and O–H groups in total. The van der Waals surface area contributed by atoms with Crippen LogP contribution in [0.25, 0.3) is 6.08 Å². The van der Waals surface area contributed by atoms with Gasteiger partial charge in [0.05, 0.1) is 10.9 Å². The molecule has 0 bridgehead atoms. The molecule has 5 nitrogen and oxygen atoms in total. The Kier molecular flexibility index (Phi) is 4.97. The Hall–Kier alpha value is -1.90. The Morgan fingerprint density at radius 1 is 1.19 bits per heavy atom. The first-order valence-corrected chi connectivity index (χ1v) is 10.8. The van der Waals surface area contributed by atoms with E-state index in [1.807, 2.05) is 35.0 Å². The molecule has 0 spiro atoms. The van der Waals surface area contributed by atoms with E-state index in [9.17, 15) is 14.4 Å². The van der Waals surface area contributed by atoms with Crippen LogP contribution in [0, 0.1) is 0 Å². The maximum atomic E-state index is 12.8. The minimum absolute atomic E-state index is 0.0593. The van der Waals surface area contributed by atoms with Gasteiger partial charge in [-0.15, -0.1) is 22.7 Å². The fraction of sp³-hybridized carbons (Fsp3) is 0.278. The molecule has 2 aromatic rings. The summed E-state index contributed by atoms with van der Waals surface area (Å²) in [4.78, 5) is 42.9. The van der Waals surface area contributed by atoms with Gasteiger partial charge in [-0.05, 0) is 53.6 Å². The summed E-state index contributed by atoms with van der Waals surface area (Å²) in [5.41, 5.74) is 0. The van der Waals surface area contributed by atoms with Gasteiger partial charge in [-0.2, -0.15) is 0 Å². The van der Waals surface area contributed by atoms with Gasteiger partial charge in [0, 0.05) is 16.3 Å². The van der Waals surface area contributed by atoms with Crippen molar-refractivity contribution in [1.82, 2.24) is 9.80 Å². The summed E-state index contributed by atoms with van der Waals surface area (Å²) in [5, 5.41) is 3.54. The van der Waals surface area contributed by atoms with Crippen molar-refractivity contribution in [3.8, 4) is 0 Å². The van der Waals surface area contributed by atoms with Gasteiger partial charge in [0.25, 0.3) is 11.1 Å². The van der Waals surface area contributed by atoms with Gasteiger partial charge in [0.2, 0.25) is 5.91 Å². The number of likely N-dealkylation sites (tertiary alicyclic amines) is 1. The first-order valence-electron chi connectivity index (χ1n) is 8.25. The van der Waals surface area contributed by atoms with Crippen molar-refractivity contribution in [2.75, 3.05) is 13.1 Å². The summed E-state index contributed by atoms with van der Waals surface area (Å²) < 4.78 is 0. The first-order chi connectivity index (χ1) is 12.6. The van der Waals surface area contributed by atoms with Crippen LogP contribution in [0.5, 0.6) is 0 Å². The fourth-order valence-electron chi connectivity index (χ4n) is 3.21. The van der Waals surface area contributed by atoms with Gasteiger partial charge in [0.1, 0.15) is 6.54 Å². The van der Waals surface area contributed by atoms with E-state index in [2.05, 4.69) is 0 Å². The van der Waals surface area contributed by atoms with E-state index < -0.39 is 0 Å². The molecule has 1 atom stereocenters. The third kappa shape index (κ3) is 3.36. The highest BCUT2D eigenvalue weighted by atomic mass is 32.2. The van der Waals surface area contributed by atoms with Gasteiger partial charge >= 0.3 is 0 Å². The van der Waals surface area contributed by atoms with E-state index in [0.717, 1.165) is 39.3 Å². The molecular weight excluding hydrogens is 388 g/mol. The molecule has 134 valence electrons. The van der Waals surface area contributed by atoms with Crippen LogP contribution in [0.2, 0.25) is 0 Å². The number of carbonyl (C=O) groups excluding carboxylic acids is 3. The van der Waals surface area contributed by atoms with Gasteiger partial charge in [-0.25, -0.2) is 0 Å². The van der Waals surface area contributed by atoms with E-state index in [1.165, 1.54) is 11.3 Å². The van der Waals surface area contributed by atoms with Gasteiger partial charge < -0.3 is 4.90 Å². The average molecular weight is 405 g/mol. The van der Waals surface area contributed by atoms with E-state index in [4.69, 9.17) is 0 Å². The van der Waals surface area contributed by atoms with Crippen molar-refractivity contribution in [1.29, 1.82) is 0 Å². The van der Waals surface area contributed by atoms with Crippen molar-refractivity contribution in [2.45, 2.75) is 18.9 Å². The van der Waals surface area contributed by atoms with E-state index in [0.29, 0.717) is 11.4 Å². The fourth-order valence-corrected chi connectivity index (χ4v) is 5.64.